The van der Waals surface area contributed by atoms with Crippen LogP contribution in [0.5, 0.6) is 0 Å². The van der Waals surface area contributed by atoms with E-state index in [4.69, 9.17) is 0 Å². The molecule has 0 spiro atoms. The summed E-state index contributed by atoms with van der Waals surface area (Å²) < 4.78 is 0. The SMILES string of the molecule is C/C=C(\NC(CCC)=NC)c1ccccc1. The summed E-state index contributed by atoms with van der Waals surface area (Å²) in [4.78, 5) is 4.26. The number of hydrogen-bond donors (Lipinski definition) is 1. The van der Waals surface area contributed by atoms with E-state index in [2.05, 4.69) is 35.4 Å². The fourth-order valence-corrected chi connectivity index (χ4v) is 1.55. The minimum absolute atomic E-state index is 0.987. The topological polar surface area (TPSA) is 24.4 Å². The molecule has 1 aromatic carbocycles. The second-order valence-corrected chi connectivity index (χ2v) is 3.61. The van der Waals surface area contributed by atoms with Crippen molar-refractivity contribution < 1.29 is 0 Å². The Hall–Kier alpha value is -1.57. The summed E-state index contributed by atoms with van der Waals surface area (Å²) in [5, 5.41) is 3.38. The Balaban J connectivity index is 2.78. The molecule has 0 aromatic heterocycles. The molecule has 0 aliphatic carbocycles. The molecule has 1 N–H and O–H groups in total. The lowest BCUT2D eigenvalue weighted by molar-refractivity contribution is 0.957. The van der Waals surface area contributed by atoms with Crippen LogP contribution in [-0.4, -0.2) is 12.9 Å². The van der Waals surface area contributed by atoms with E-state index in [0.717, 1.165) is 24.4 Å². The van der Waals surface area contributed by atoms with Crippen molar-refractivity contribution in [3.8, 4) is 0 Å². The smallest absolute Gasteiger partial charge is 0.100 e. The molecule has 0 fully saturated rings. The fourth-order valence-electron chi connectivity index (χ4n) is 1.55. The molecule has 0 aliphatic heterocycles. The van der Waals surface area contributed by atoms with Crippen LogP contribution in [0, 0.1) is 0 Å². The number of hydrogen-bond acceptors (Lipinski definition) is 1. The van der Waals surface area contributed by atoms with Gasteiger partial charge in [0.15, 0.2) is 0 Å². The number of nitrogens with zero attached hydrogens (tertiary/aromatic N) is 1. The molecule has 2 nitrogen and oxygen atoms in total. The molecule has 0 amide bonds. The maximum atomic E-state index is 4.26. The number of aliphatic imine (C=N–C) groups is 1. The largest absolute Gasteiger partial charge is 0.344 e. The highest BCUT2D eigenvalue weighted by Gasteiger charge is 2.02. The summed E-state index contributed by atoms with van der Waals surface area (Å²) in [7, 11) is 1.83. The minimum atomic E-state index is 0.987. The quantitative estimate of drug-likeness (QED) is 0.605. The highest BCUT2D eigenvalue weighted by atomic mass is 15.0. The van der Waals surface area contributed by atoms with Gasteiger partial charge in [-0.25, -0.2) is 0 Å². The molecular formula is C14H20N2. The van der Waals surface area contributed by atoms with Crippen LogP contribution in [-0.2, 0) is 0 Å². The molecule has 86 valence electrons. The molecule has 0 aliphatic rings. The number of allylic oxidation sites excluding steroid dienone is 1. The Labute approximate surface area is 98.1 Å². The van der Waals surface area contributed by atoms with Crippen molar-refractivity contribution in [2.24, 2.45) is 4.99 Å². The van der Waals surface area contributed by atoms with Crippen molar-refractivity contribution in [2.75, 3.05) is 7.05 Å². The maximum absolute atomic E-state index is 4.26. The molecule has 0 bridgehead atoms. The summed E-state index contributed by atoms with van der Waals surface area (Å²) in [5.74, 6) is 1.04. The second-order valence-electron chi connectivity index (χ2n) is 3.61. The molecule has 0 unspecified atom stereocenters. The number of benzene rings is 1. The molecule has 1 aromatic rings. The molecule has 16 heavy (non-hydrogen) atoms. The third-order valence-corrected chi connectivity index (χ3v) is 2.41. The zero-order chi connectivity index (χ0) is 11.8. The molecule has 0 heterocycles. The van der Waals surface area contributed by atoms with Crippen LogP contribution >= 0.6 is 0 Å². The molecule has 1 rings (SSSR count). The number of amidine groups is 1. The van der Waals surface area contributed by atoms with E-state index in [1.54, 1.807) is 0 Å². The Morgan fingerprint density at radius 1 is 1.31 bits per heavy atom. The average molecular weight is 216 g/mol. The zero-order valence-corrected chi connectivity index (χ0v) is 10.3. The van der Waals surface area contributed by atoms with Crippen LogP contribution < -0.4 is 5.32 Å². The number of rotatable bonds is 4. The Morgan fingerprint density at radius 2 is 2.00 bits per heavy atom. The minimum Gasteiger partial charge on any atom is -0.344 e. The first-order valence-electron chi connectivity index (χ1n) is 5.76. The van der Waals surface area contributed by atoms with Crippen LogP contribution in [0.4, 0.5) is 0 Å². The lowest BCUT2D eigenvalue weighted by Gasteiger charge is -2.12. The van der Waals surface area contributed by atoms with E-state index in [1.165, 1.54) is 5.56 Å². The van der Waals surface area contributed by atoms with Crippen molar-refractivity contribution >= 4 is 11.5 Å². The van der Waals surface area contributed by atoms with Gasteiger partial charge in [-0.2, -0.15) is 0 Å². The van der Waals surface area contributed by atoms with Crippen molar-refractivity contribution in [2.45, 2.75) is 26.7 Å². The Morgan fingerprint density at radius 3 is 2.50 bits per heavy atom. The van der Waals surface area contributed by atoms with E-state index in [-0.39, 0.29) is 0 Å². The van der Waals surface area contributed by atoms with Gasteiger partial charge in [-0.3, -0.25) is 4.99 Å². The molecule has 0 saturated heterocycles. The van der Waals surface area contributed by atoms with Gasteiger partial charge in [-0.05, 0) is 18.9 Å². The van der Waals surface area contributed by atoms with E-state index in [0.29, 0.717) is 0 Å². The summed E-state index contributed by atoms with van der Waals surface area (Å²) in [6.07, 6.45) is 4.17. The van der Waals surface area contributed by atoms with Crippen LogP contribution in [0.1, 0.15) is 32.3 Å². The third kappa shape index (κ3) is 3.54. The van der Waals surface area contributed by atoms with E-state index >= 15 is 0 Å². The Kier molecular flexibility index (Phi) is 5.34. The predicted octanol–water partition coefficient (Wildman–Crippen LogP) is 3.47. The van der Waals surface area contributed by atoms with Gasteiger partial charge in [0, 0.05) is 19.2 Å². The van der Waals surface area contributed by atoms with E-state index < -0.39 is 0 Å². The predicted molar refractivity (Wildman–Crippen MR) is 71.5 cm³/mol. The Bertz CT molecular complexity index is 364. The summed E-state index contributed by atoms with van der Waals surface area (Å²) >= 11 is 0. The van der Waals surface area contributed by atoms with Gasteiger partial charge in [-0.15, -0.1) is 0 Å². The highest BCUT2D eigenvalue weighted by Crippen LogP contribution is 2.11. The first kappa shape index (κ1) is 12.5. The van der Waals surface area contributed by atoms with Crippen molar-refractivity contribution in [3.05, 3.63) is 42.0 Å². The van der Waals surface area contributed by atoms with Crippen molar-refractivity contribution in [1.82, 2.24) is 5.32 Å². The van der Waals surface area contributed by atoms with Crippen molar-refractivity contribution in [3.63, 3.8) is 0 Å². The maximum Gasteiger partial charge on any atom is 0.100 e. The van der Waals surface area contributed by atoms with Gasteiger partial charge < -0.3 is 5.32 Å². The third-order valence-electron chi connectivity index (χ3n) is 2.41. The van der Waals surface area contributed by atoms with Gasteiger partial charge in [0.25, 0.3) is 0 Å². The van der Waals surface area contributed by atoms with Crippen LogP contribution in [0.15, 0.2) is 41.4 Å². The van der Waals surface area contributed by atoms with Gasteiger partial charge in [-0.1, -0.05) is 43.3 Å². The zero-order valence-electron chi connectivity index (χ0n) is 10.3. The molecule has 0 radical (unpaired) electrons. The summed E-state index contributed by atoms with van der Waals surface area (Å²) in [6.45, 7) is 4.19. The lowest BCUT2D eigenvalue weighted by Crippen LogP contribution is -2.21. The summed E-state index contributed by atoms with van der Waals surface area (Å²) in [6, 6.07) is 10.3. The van der Waals surface area contributed by atoms with Crippen LogP contribution in [0.2, 0.25) is 0 Å². The molecule has 0 saturated carbocycles. The average Bonchev–Trinajstić information content (AvgIpc) is 2.35. The van der Waals surface area contributed by atoms with E-state index in [1.807, 2.05) is 32.2 Å². The molecule has 0 atom stereocenters. The highest BCUT2D eigenvalue weighted by molar-refractivity contribution is 5.90. The second kappa shape index (κ2) is 6.83. The van der Waals surface area contributed by atoms with E-state index in [9.17, 15) is 0 Å². The van der Waals surface area contributed by atoms with Gasteiger partial charge in [0.1, 0.15) is 5.84 Å². The monoisotopic (exact) mass is 216 g/mol. The fraction of sp³-hybridized carbons (Fsp3) is 0.357. The van der Waals surface area contributed by atoms with Crippen LogP contribution in [0.25, 0.3) is 5.70 Å². The first-order chi connectivity index (χ1) is 7.81. The first-order valence-corrected chi connectivity index (χ1v) is 5.76. The van der Waals surface area contributed by atoms with Gasteiger partial charge >= 0.3 is 0 Å². The normalized spacial score (nSPS) is 12.7. The summed E-state index contributed by atoms with van der Waals surface area (Å²) in [5.41, 5.74) is 2.32. The number of nitrogens with one attached hydrogen (secondary N) is 1. The standard InChI is InChI=1S/C14H20N2/c1-4-9-14(15-3)16-13(5-2)12-10-7-6-8-11-12/h5-8,10-11H,4,9H2,1-3H3,(H,15,16)/b13-5-. The molecule has 2 heteroatoms. The lowest BCUT2D eigenvalue weighted by atomic mass is 10.1. The van der Waals surface area contributed by atoms with Crippen molar-refractivity contribution in [1.29, 1.82) is 0 Å². The van der Waals surface area contributed by atoms with Gasteiger partial charge in [0.05, 0.1) is 0 Å². The molecular weight excluding hydrogens is 196 g/mol. The van der Waals surface area contributed by atoms with Gasteiger partial charge in [0.2, 0.25) is 0 Å². The van der Waals surface area contributed by atoms with Crippen LogP contribution in [0.3, 0.4) is 0 Å².